The number of ether oxygens (including phenoxy) is 1. The zero-order chi connectivity index (χ0) is 19.9. The summed E-state index contributed by atoms with van der Waals surface area (Å²) in [4.78, 5) is 23.4. The molecule has 150 valence electrons. The number of rotatable bonds is 8. The maximum atomic E-state index is 12.8. The van der Waals surface area contributed by atoms with E-state index in [-0.39, 0.29) is 29.6 Å². The van der Waals surface area contributed by atoms with Crippen molar-refractivity contribution in [3.8, 4) is 5.75 Å². The van der Waals surface area contributed by atoms with Crippen molar-refractivity contribution in [1.82, 2.24) is 14.9 Å². The Balaban J connectivity index is 2.12. The molecular weight excluding hydrogens is 372 g/mol. The van der Waals surface area contributed by atoms with Crippen molar-refractivity contribution in [1.29, 1.82) is 0 Å². The first-order valence-electron chi connectivity index (χ1n) is 8.78. The molecule has 27 heavy (non-hydrogen) atoms. The minimum Gasteiger partial charge on any atom is -0.495 e. The molecule has 0 aliphatic carbocycles. The van der Waals surface area contributed by atoms with Crippen LogP contribution in [0.25, 0.3) is 0 Å². The van der Waals surface area contributed by atoms with E-state index in [1.807, 2.05) is 0 Å². The zero-order valence-corrected chi connectivity index (χ0v) is 16.4. The summed E-state index contributed by atoms with van der Waals surface area (Å²) < 4.78 is 32.3. The second-order valence-corrected chi connectivity index (χ2v) is 8.09. The molecule has 1 heterocycles. The highest BCUT2D eigenvalue weighted by Crippen LogP contribution is 2.29. The first-order chi connectivity index (χ1) is 12.9. The number of nitrogens with zero attached hydrogens (tertiary/aromatic N) is 1. The molecule has 1 aliphatic rings. The fourth-order valence-electron chi connectivity index (χ4n) is 2.77. The predicted molar refractivity (Wildman–Crippen MR) is 101 cm³/mol. The van der Waals surface area contributed by atoms with E-state index in [9.17, 15) is 18.0 Å². The normalized spacial score (nSPS) is 15.2. The van der Waals surface area contributed by atoms with Crippen molar-refractivity contribution in [2.75, 3.05) is 45.7 Å². The molecule has 0 atom stereocenters. The number of hydrogen-bond donors (Lipinski definition) is 3. The van der Waals surface area contributed by atoms with Gasteiger partial charge >= 0.3 is 0 Å². The lowest BCUT2D eigenvalue weighted by Crippen LogP contribution is -2.36. The van der Waals surface area contributed by atoms with Gasteiger partial charge in [0.2, 0.25) is 21.8 Å². The van der Waals surface area contributed by atoms with Gasteiger partial charge in [-0.25, -0.2) is 8.42 Å². The van der Waals surface area contributed by atoms with Crippen LogP contribution in [0.2, 0.25) is 0 Å². The molecule has 1 aromatic carbocycles. The lowest BCUT2D eigenvalue weighted by Gasteiger charge is -2.26. The molecule has 0 unspecified atom stereocenters. The third-order valence-corrected chi connectivity index (χ3v) is 6.14. The summed E-state index contributed by atoms with van der Waals surface area (Å²) in [6.07, 6.45) is 2.71. The number of benzene rings is 1. The standard InChI is InChI=1S/C17H26N4O5S/c1-18-16(22)11-19-12-17(23)20-14-10-13(6-7-15(14)26-2)27(24,25)21-8-4-3-5-9-21/h6-7,10,19H,3-5,8-9,11-12H2,1-2H3,(H,18,22)(H,20,23). The van der Waals surface area contributed by atoms with Gasteiger partial charge in [-0.1, -0.05) is 6.42 Å². The van der Waals surface area contributed by atoms with Crippen molar-refractivity contribution < 1.29 is 22.7 Å². The van der Waals surface area contributed by atoms with Crippen LogP contribution in [0.4, 0.5) is 5.69 Å². The number of carbonyl (C=O) groups is 2. The highest BCUT2D eigenvalue weighted by atomic mass is 32.2. The molecule has 0 bridgehead atoms. The second kappa shape index (κ2) is 9.67. The third-order valence-electron chi connectivity index (χ3n) is 4.25. The molecule has 0 saturated carbocycles. The molecule has 2 amide bonds. The van der Waals surface area contributed by atoms with Gasteiger partial charge in [-0.05, 0) is 31.0 Å². The molecule has 0 radical (unpaired) electrons. The molecule has 0 aromatic heterocycles. The van der Waals surface area contributed by atoms with E-state index in [1.165, 1.54) is 36.7 Å². The summed E-state index contributed by atoms with van der Waals surface area (Å²) in [5.74, 6) is -0.299. The lowest BCUT2D eigenvalue weighted by molar-refractivity contribution is -0.120. The molecule has 0 spiro atoms. The summed E-state index contributed by atoms with van der Waals surface area (Å²) in [5, 5.41) is 7.76. The number of nitrogens with one attached hydrogen (secondary N) is 3. The maximum absolute atomic E-state index is 12.8. The quantitative estimate of drug-likeness (QED) is 0.574. The SMILES string of the molecule is CNC(=O)CNCC(=O)Nc1cc(S(=O)(=O)N2CCCCC2)ccc1OC. The van der Waals surface area contributed by atoms with E-state index in [0.717, 1.165) is 19.3 Å². The number of piperidine rings is 1. The second-order valence-electron chi connectivity index (χ2n) is 6.15. The number of sulfonamides is 1. The molecule has 1 fully saturated rings. The smallest absolute Gasteiger partial charge is 0.243 e. The number of amides is 2. The molecule has 1 saturated heterocycles. The fraction of sp³-hybridized carbons (Fsp3) is 0.529. The summed E-state index contributed by atoms with van der Waals surface area (Å²) >= 11 is 0. The maximum Gasteiger partial charge on any atom is 0.243 e. The molecular formula is C17H26N4O5S. The minimum absolute atomic E-state index is 0.00440. The lowest BCUT2D eigenvalue weighted by atomic mass is 10.2. The van der Waals surface area contributed by atoms with Gasteiger partial charge < -0.3 is 15.4 Å². The van der Waals surface area contributed by atoms with Crippen LogP contribution >= 0.6 is 0 Å². The number of carbonyl (C=O) groups excluding carboxylic acids is 2. The van der Waals surface area contributed by atoms with E-state index in [2.05, 4.69) is 16.0 Å². The van der Waals surface area contributed by atoms with Crippen molar-refractivity contribution in [2.24, 2.45) is 0 Å². The molecule has 2 rings (SSSR count). The van der Waals surface area contributed by atoms with Gasteiger partial charge in [0.1, 0.15) is 5.75 Å². The van der Waals surface area contributed by atoms with Crippen LogP contribution in [0.1, 0.15) is 19.3 Å². The Bertz CT molecular complexity index is 776. The summed E-state index contributed by atoms with van der Waals surface area (Å²) in [6.45, 7) is 0.906. The van der Waals surface area contributed by atoms with Gasteiger partial charge in [0.15, 0.2) is 0 Å². The monoisotopic (exact) mass is 398 g/mol. The van der Waals surface area contributed by atoms with E-state index in [1.54, 1.807) is 0 Å². The van der Waals surface area contributed by atoms with E-state index in [0.29, 0.717) is 18.8 Å². The Morgan fingerprint density at radius 1 is 1.11 bits per heavy atom. The average Bonchev–Trinajstić information content (AvgIpc) is 2.68. The number of anilines is 1. The minimum atomic E-state index is -3.62. The Kier molecular flexibility index (Phi) is 7.57. The average molecular weight is 398 g/mol. The zero-order valence-electron chi connectivity index (χ0n) is 15.6. The van der Waals surface area contributed by atoms with Crippen LogP contribution < -0.4 is 20.7 Å². The van der Waals surface area contributed by atoms with Gasteiger partial charge in [0.25, 0.3) is 0 Å². The van der Waals surface area contributed by atoms with Gasteiger partial charge in [-0.2, -0.15) is 4.31 Å². The Hall–Kier alpha value is -2.17. The Morgan fingerprint density at radius 3 is 2.41 bits per heavy atom. The highest BCUT2D eigenvalue weighted by molar-refractivity contribution is 7.89. The first-order valence-corrected chi connectivity index (χ1v) is 10.2. The fourth-order valence-corrected chi connectivity index (χ4v) is 4.32. The summed E-state index contributed by atoms with van der Waals surface area (Å²) in [5.41, 5.74) is 0.266. The van der Waals surface area contributed by atoms with Gasteiger partial charge in [0.05, 0.1) is 30.8 Å². The van der Waals surface area contributed by atoms with Gasteiger partial charge in [-0.3, -0.25) is 14.9 Å². The molecule has 10 heteroatoms. The highest BCUT2D eigenvalue weighted by Gasteiger charge is 2.26. The number of likely N-dealkylation sites (N-methyl/N-ethyl adjacent to an activating group) is 1. The topological polar surface area (TPSA) is 117 Å². The van der Waals surface area contributed by atoms with Crippen molar-refractivity contribution >= 4 is 27.5 Å². The Morgan fingerprint density at radius 2 is 1.78 bits per heavy atom. The Labute approximate surface area is 159 Å². The van der Waals surface area contributed by atoms with E-state index in [4.69, 9.17) is 4.74 Å². The largest absolute Gasteiger partial charge is 0.495 e. The molecule has 9 nitrogen and oxygen atoms in total. The van der Waals surface area contributed by atoms with Crippen LogP contribution in [0.5, 0.6) is 5.75 Å². The molecule has 1 aromatic rings. The van der Waals surface area contributed by atoms with Crippen molar-refractivity contribution in [3.05, 3.63) is 18.2 Å². The van der Waals surface area contributed by atoms with Crippen LogP contribution in [0, 0.1) is 0 Å². The van der Waals surface area contributed by atoms with Crippen molar-refractivity contribution in [2.45, 2.75) is 24.2 Å². The molecule has 1 aliphatic heterocycles. The summed E-state index contributed by atoms with van der Waals surface area (Å²) in [6, 6.07) is 4.39. The first kappa shape index (κ1) is 21.1. The number of methoxy groups -OCH3 is 1. The van der Waals surface area contributed by atoms with Crippen LogP contribution in [-0.4, -0.2) is 64.9 Å². The van der Waals surface area contributed by atoms with Gasteiger partial charge in [-0.15, -0.1) is 0 Å². The van der Waals surface area contributed by atoms with Crippen molar-refractivity contribution in [3.63, 3.8) is 0 Å². The van der Waals surface area contributed by atoms with E-state index < -0.39 is 15.9 Å². The predicted octanol–water partition coefficient (Wildman–Crippen LogP) is 0.144. The van der Waals surface area contributed by atoms with Crippen LogP contribution in [-0.2, 0) is 19.6 Å². The van der Waals surface area contributed by atoms with E-state index >= 15 is 0 Å². The number of hydrogen-bond acceptors (Lipinski definition) is 6. The van der Waals surface area contributed by atoms with Crippen LogP contribution in [0.15, 0.2) is 23.1 Å². The molecule has 3 N–H and O–H groups in total. The third kappa shape index (κ3) is 5.65. The van der Waals surface area contributed by atoms with Gasteiger partial charge in [0, 0.05) is 20.1 Å². The van der Waals surface area contributed by atoms with Crippen LogP contribution in [0.3, 0.4) is 0 Å². The summed E-state index contributed by atoms with van der Waals surface area (Å²) in [7, 11) is -0.678.